The van der Waals surface area contributed by atoms with Crippen LogP contribution in [0.2, 0.25) is 0 Å². The van der Waals surface area contributed by atoms with Crippen molar-refractivity contribution >= 4 is 18.8 Å². The van der Waals surface area contributed by atoms with Gasteiger partial charge in [-0.15, -0.1) is 0 Å². The van der Waals surface area contributed by atoms with Crippen LogP contribution < -0.4 is 5.32 Å². The van der Waals surface area contributed by atoms with E-state index in [1.165, 1.54) is 0 Å². The van der Waals surface area contributed by atoms with E-state index in [1.54, 1.807) is 20.8 Å². The molecule has 1 aromatic carbocycles. The van der Waals surface area contributed by atoms with E-state index in [2.05, 4.69) is 5.32 Å². The quantitative estimate of drug-likeness (QED) is 0.695. The fourth-order valence-electron chi connectivity index (χ4n) is 1.45. The zero-order valence-corrected chi connectivity index (χ0v) is 14.6. The number of benzene rings is 1. The highest BCUT2D eigenvalue weighted by molar-refractivity contribution is 6.43. The van der Waals surface area contributed by atoms with E-state index in [0.717, 1.165) is 5.56 Å². The van der Waals surface area contributed by atoms with Gasteiger partial charge in [-0.25, -0.2) is 0 Å². The van der Waals surface area contributed by atoms with E-state index >= 15 is 0 Å². The van der Waals surface area contributed by atoms with E-state index in [1.807, 2.05) is 44.2 Å². The molecule has 0 saturated heterocycles. The molecule has 0 bridgehead atoms. The van der Waals surface area contributed by atoms with Gasteiger partial charge in [0.2, 0.25) is 5.91 Å². The third-order valence-electron chi connectivity index (χ3n) is 3.32. The summed E-state index contributed by atoms with van der Waals surface area (Å²) >= 11 is 0. The Morgan fingerprint density at radius 3 is 1.87 bits per heavy atom. The second-order valence-electron chi connectivity index (χ2n) is 6.14. The molecule has 3 N–H and O–H groups in total. The molecule has 0 unspecified atom stereocenters. The Morgan fingerprint density at radius 1 is 1.04 bits per heavy atom. The minimum absolute atomic E-state index is 0.174. The van der Waals surface area contributed by atoms with Gasteiger partial charge in [0.05, 0.1) is 5.94 Å². The summed E-state index contributed by atoms with van der Waals surface area (Å²) in [5.41, 5.74) is 0.953. The van der Waals surface area contributed by atoms with Gasteiger partial charge in [0, 0.05) is 11.8 Å². The van der Waals surface area contributed by atoms with Gasteiger partial charge in [0.1, 0.15) is 5.78 Å². The number of carbonyl (C=O) groups excluding carboxylic acids is 2. The number of nitrogens with one attached hydrogen (secondary N) is 1. The molecule has 0 aromatic heterocycles. The fourth-order valence-corrected chi connectivity index (χ4v) is 1.45. The van der Waals surface area contributed by atoms with Crippen molar-refractivity contribution in [3.8, 4) is 0 Å². The maximum atomic E-state index is 11.5. The highest BCUT2D eigenvalue weighted by Gasteiger charge is 2.26. The molecule has 0 radical (unpaired) electrons. The first-order chi connectivity index (χ1) is 10.6. The highest BCUT2D eigenvalue weighted by Crippen LogP contribution is 2.05. The van der Waals surface area contributed by atoms with E-state index in [0.29, 0.717) is 6.42 Å². The van der Waals surface area contributed by atoms with Crippen LogP contribution in [-0.2, 0) is 16.0 Å². The van der Waals surface area contributed by atoms with Crippen molar-refractivity contribution in [2.45, 2.75) is 47.0 Å². The van der Waals surface area contributed by atoms with E-state index in [4.69, 9.17) is 0 Å². The molecule has 5 nitrogen and oxygen atoms in total. The fraction of sp³-hybridized carbons (Fsp3) is 0.529. The molecule has 23 heavy (non-hydrogen) atoms. The van der Waals surface area contributed by atoms with Crippen LogP contribution in [0, 0.1) is 11.8 Å². The number of hydrogen-bond acceptors (Lipinski definition) is 4. The molecule has 0 spiro atoms. The number of Topliss-reactive ketones (excluding diaryl/α,β-unsaturated/α-hetero) is 1. The third-order valence-corrected chi connectivity index (χ3v) is 3.32. The molecule has 0 fully saturated rings. The highest BCUT2D eigenvalue weighted by atomic mass is 16.4. The van der Waals surface area contributed by atoms with Crippen LogP contribution in [-0.4, -0.2) is 34.8 Å². The molecule has 6 heteroatoms. The minimum atomic E-state index is -1.56. The van der Waals surface area contributed by atoms with Crippen LogP contribution in [0.5, 0.6) is 0 Å². The molecule has 1 aromatic rings. The summed E-state index contributed by atoms with van der Waals surface area (Å²) in [4.78, 5) is 21.7. The van der Waals surface area contributed by atoms with Crippen LogP contribution in [0.3, 0.4) is 0 Å². The Labute approximate surface area is 139 Å². The maximum absolute atomic E-state index is 11.5. The maximum Gasteiger partial charge on any atom is 0.475 e. The topological polar surface area (TPSA) is 86.6 Å². The lowest BCUT2D eigenvalue weighted by Crippen LogP contribution is -2.49. The van der Waals surface area contributed by atoms with Crippen molar-refractivity contribution in [1.29, 1.82) is 0 Å². The molecule has 0 aliphatic carbocycles. The average molecular weight is 321 g/mol. The summed E-state index contributed by atoms with van der Waals surface area (Å²) in [6, 6.07) is 9.41. The predicted molar refractivity (Wildman–Crippen MR) is 92.6 cm³/mol. The van der Waals surface area contributed by atoms with Crippen molar-refractivity contribution in [1.82, 2.24) is 5.32 Å². The molecule has 0 aliphatic rings. The van der Waals surface area contributed by atoms with Crippen LogP contribution in [0.1, 0.15) is 40.2 Å². The zero-order chi connectivity index (χ0) is 18.0. The summed E-state index contributed by atoms with van der Waals surface area (Å²) in [7, 11) is -1.56. The van der Waals surface area contributed by atoms with E-state index < -0.39 is 13.1 Å². The summed E-state index contributed by atoms with van der Waals surface area (Å²) in [6.07, 6.45) is 0.400. The summed E-state index contributed by atoms with van der Waals surface area (Å²) in [5.74, 6) is -0.557. The Balaban J connectivity index is 0.000000688. The molecule has 0 heterocycles. The Bertz CT molecular complexity index is 475. The summed E-state index contributed by atoms with van der Waals surface area (Å²) < 4.78 is 0. The second-order valence-corrected chi connectivity index (χ2v) is 6.14. The smallest absolute Gasteiger partial charge is 0.426 e. The number of amides is 1. The van der Waals surface area contributed by atoms with Crippen LogP contribution in [0.15, 0.2) is 30.3 Å². The van der Waals surface area contributed by atoms with E-state index in [9.17, 15) is 19.6 Å². The number of carbonyl (C=O) groups is 2. The standard InChI is InChI=1S/C12H18BNO3.C5H10O/c1-9(2)12(15)14-11(13(16)17)8-10-6-4-3-5-7-10;1-4(2)5(3)6/h3-7,9,11,16-17H,8H2,1-2H3,(H,14,15);4H,1-3H3/t11-;/m0./s1. The molecule has 1 rings (SSSR count). The molecule has 1 atom stereocenters. The SMILES string of the molecule is CC(=O)C(C)C.CC(C)C(=O)N[C@@H](Cc1ccccc1)B(O)O. The van der Waals surface area contributed by atoms with Crippen molar-refractivity contribution < 1.29 is 19.6 Å². The van der Waals surface area contributed by atoms with E-state index in [-0.39, 0.29) is 23.5 Å². The van der Waals surface area contributed by atoms with Crippen molar-refractivity contribution in [3.63, 3.8) is 0 Å². The summed E-state index contributed by atoms with van der Waals surface area (Å²) in [5, 5.41) is 21.1. The Hall–Kier alpha value is -1.66. The lowest BCUT2D eigenvalue weighted by Gasteiger charge is -2.19. The number of hydrogen-bond donors (Lipinski definition) is 3. The van der Waals surface area contributed by atoms with Gasteiger partial charge in [0.25, 0.3) is 0 Å². The summed E-state index contributed by atoms with van der Waals surface area (Å²) in [6.45, 7) is 8.91. The zero-order valence-electron chi connectivity index (χ0n) is 14.6. The molecular weight excluding hydrogens is 293 g/mol. The van der Waals surface area contributed by atoms with Crippen LogP contribution >= 0.6 is 0 Å². The normalized spacial score (nSPS) is 11.5. The van der Waals surface area contributed by atoms with Gasteiger partial charge in [-0.05, 0) is 18.9 Å². The van der Waals surface area contributed by atoms with Crippen molar-refractivity contribution in [2.75, 3.05) is 0 Å². The van der Waals surface area contributed by atoms with Gasteiger partial charge in [-0.3, -0.25) is 9.59 Å². The first-order valence-electron chi connectivity index (χ1n) is 7.86. The predicted octanol–water partition coefficient (Wildman–Crippen LogP) is 1.61. The average Bonchev–Trinajstić information content (AvgIpc) is 2.47. The lowest BCUT2D eigenvalue weighted by atomic mass is 9.75. The monoisotopic (exact) mass is 321 g/mol. The Morgan fingerprint density at radius 2 is 1.52 bits per heavy atom. The first kappa shape index (κ1) is 21.3. The number of ketones is 1. The molecule has 0 aliphatic heterocycles. The van der Waals surface area contributed by atoms with Crippen LogP contribution in [0.4, 0.5) is 0 Å². The van der Waals surface area contributed by atoms with Crippen molar-refractivity contribution in [2.24, 2.45) is 11.8 Å². The molecular formula is C17H28BNO4. The third kappa shape index (κ3) is 9.86. The van der Waals surface area contributed by atoms with Gasteiger partial charge in [0.15, 0.2) is 0 Å². The first-order valence-corrected chi connectivity index (χ1v) is 7.86. The molecule has 1 amide bonds. The van der Waals surface area contributed by atoms with Gasteiger partial charge in [-0.1, -0.05) is 58.0 Å². The van der Waals surface area contributed by atoms with Gasteiger partial charge < -0.3 is 15.4 Å². The largest absolute Gasteiger partial charge is 0.475 e. The van der Waals surface area contributed by atoms with Gasteiger partial charge in [-0.2, -0.15) is 0 Å². The molecule has 128 valence electrons. The van der Waals surface area contributed by atoms with Crippen LogP contribution in [0.25, 0.3) is 0 Å². The number of rotatable bonds is 6. The minimum Gasteiger partial charge on any atom is -0.426 e. The molecule has 0 saturated carbocycles. The lowest BCUT2D eigenvalue weighted by molar-refractivity contribution is -0.124. The Kier molecular flexibility index (Phi) is 10.2. The van der Waals surface area contributed by atoms with Gasteiger partial charge >= 0.3 is 7.12 Å². The van der Waals surface area contributed by atoms with Crippen molar-refractivity contribution in [3.05, 3.63) is 35.9 Å². The second kappa shape index (κ2) is 11.0.